The van der Waals surface area contributed by atoms with E-state index in [0.717, 1.165) is 5.56 Å². The number of carbonyl (C=O) groups is 2. The Balaban J connectivity index is 2.34. The largest absolute Gasteiger partial charge is 0.350 e. The molecule has 2 aromatic rings. The van der Waals surface area contributed by atoms with Crippen molar-refractivity contribution in [3.8, 4) is 0 Å². The maximum Gasteiger partial charge on any atom is 0.242 e. The number of benzene rings is 2. The van der Waals surface area contributed by atoms with Gasteiger partial charge >= 0.3 is 0 Å². The Labute approximate surface area is 187 Å². The molecule has 7 heteroatoms. The fourth-order valence-corrected chi connectivity index (χ4v) is 3.55. The summed E-state index contributed by atoms with van der Waals surface area (Å²) in [5.74, 6) is -0.514. The smallest absolute Gasteiger partial charge is 0.242 e. The molecule has 2 rings (SSSR count). The van der Waals surface area contributed by atoms with Crippen LogP contribution in [0.1, 0.15) is 38.8 Å². The molecule has 0 aromatic heterocycles. The molecular weight excluding hydrogens is 431 g/mol. The van der Waals surface area contributed by atoms with Crippen molar-refractivity contribution in [3.63, 3.8) is 0 Å². The van der Waals surface area contributed by atoms with Crippen LogP contribution in [-0.4, -0.2) is 28.3 Å². The zero-order valence-corrected chi connectivity index (χ0v) is 19.2. The topological polar surface area (TPSA) is 49.4 Å². The number of halogens is 3. The first-order valence-corrected chi connectivity index (χ1v) is 10.4. The van der Waals surface area contributed by atoms with Crippen molar-refractivity contribution in [1.29, 1.82) is 0 Å². The lowest BCUT2D eigenvalue weighted by Gasteiger charge is -2.32. The highest BCUT2D eigenvalue weighted by Gasteiger charge is 2.29. The van der Waals surface area contributed by atoms with E-state index in [1.54, 1.807) is 31.2 Å². The maximum atomic E-state index is 13.2. The van der Waals surface area contributed by atoms with Crippen molar-refractivity contribution >= 4 is 46.6 Å². The molecule has 0 aliphatic rings. The molecule has 0 saturated heterocycles. The van der Waals surface area contributed by atoms with E-state index in [0.29, 0.717) is 20.6 Å². The van der Waals surface area contributed by atoms with Crippen molar-refractivity contribution in [1.82, 2.24) is 10.2 Å². The van der Waals surface area contributed by atoms with Gasteiger partial charge in [-0.3, -0.25) is 9.59 Å². The Morgan fingerprint density at radius 2 is 1.52 bits per heavy atom. The molecule has 2 aromatic carbocycles. The summed E-state index contributed by atoms with van der Waals surface area (Å²) in [6.07, 6.45) is -0.0178. The van der Waals surface area contributed by atoms with Crippen molar-refractivity contribution in [2.24, 2.45) is 0 Å². The van der Waals surface area contributed by atoms with E-state index in [9.17, 15) is 9.59 Å². The molecule has 1 N–H and O–H groups in total. The molecule has 1 atom stereocenters. The van der Waals surface area contributed by atoms with Gasteiger partial charge in [0.2, 0.25) is 11.8 Å². The molecule has 0 fully saturated rings. The van der Waals surface area contributed by atoms with Gasteiger partial charge in [-0.1, -0.05) is 59.1 Å². The van der Waals surface area contributed by atoms with Gasteiger partial charge in [-0.2, -0.15) is 0 Å². The number of rotatable bonds is 6. The highest BCUT2D eigenvalue weighted by Crippen LogP contribution is 2.26. The van der Waals surface area contributed by atoms with Crippen LogP contribution >= 0.6 is 34.8 Å². The van der Waals surface area contributed by atoms with Gasteiger partial charge in [-0.15, -0.1) is 0 Å². The van der Waals surface area contributed by atoms with Crippen LogP contribution in [0.3, 0.4) is 0 Å². The molecular formula is C22H25Cl3N2O2. The monoisotopic (exact) mass is 454 g/mol. The minimum atomic E-state index is -0.709. The van der Waals surface area contributed by atoms with Gasteiger partial charge in [-0.05, 0) is 57.0 Å². The normalized spacial score (nSPS) is 12.4. The third kappa shape index (κ3) is 6.63. The number of carbonyl (C=O) groups excluding carboxylic acids is 2. The Kier molecular flexibility index (Phi) is 7.98. The van der Waals surface area contributed by atoms with Crippen LogP contribution in [0.2, 0.25) is 15.1 Å². The SMILES string of the molecule is C[C@@H](C(=O)NC(C)(C)C)N(Cc1ccccc1Cl)C(=O)Cc1c(Cl)cccc1Cl. The molecule has 0 saturated carbocycles. The van der Waals surface area contributed by atoms with Crippen LogP contribution in [0.25, 0.3) is 0 Å². The van der Waals surface area contributed by atoms with E-state index in [2.05, 4.69) is 5.32 Å². The fraction of sp³-hybridized carbons (Fsp3) is 0.364. The lowest BCUT2D eigenvalue weighted by molar-refractivity contribution is -0.140. The average Bonchev–Trinajstić information content (AvgIpc) is 2.62. The Hall–Kier alpha value is -1.75. The van der Waals surface area contributed by atoms with Crippen molar-refractivity contribution in [2.75, 3.05) is 0 Å². The number of hydrogen-bond donors (Lipinski definition) is 1. The summed E-state index contributed by atoms with van der Waals surface area (Å²) in [6, 6.07) is 11.6. The van der Waals surface area contributed by atoms with Gasteiger partial charge in [0.25, 0.3) is 0 Å². The van der Waals surface area contributed by atoms with E-state index in [1.165, 1.54) is 4.90 Å². The quantitative estimate of drug-likeness (QED) is 0.623. The second kappa shape index (κ2) is 9.84. The first-order chi connectivity index (χ1) is 13.5. The Morgan fingerprint density at radius 3 is 2.07 bits per heavy atom. The molecule has 0 spiro atoms. The van der Waals surface area contributed by atoms with Crippen LogP contribution in [0.15, 0.2) is 42.5 Å². The minimum absolute atomic E-state index is 0.0178. The van der Waals surface area contributed by atoms with E-state index < -0.39 is 11.6 Å². The molecule has 0 aliphatic carbocycles. The molecule has 0 unspecified atom stereocenters. The van der Waals surface area contributed by atoms with Crippen LogP contribution < -0.4 is 5.32 Å². The maximum absolute atomic E-state index is 13.2. The van der Waals surface area contributed by atoms with E-state index in [-0.39, 0.29) is 24.8 Å². The van der Waals surface area contributed by atoms with E-state index >= 15 is 0 Å². The molecule has 0 bridgehead atoms. The average molecular weight is 456 g/mol. The molecule has 4 nitrogen and oxygen atoms in total. The standard InChI is InChI=1S/C22H25Cl3N2O2/c1-14(21(29)26-22(2,3)4)27(13-15-8-5-6-9-17(15)23)20(28)12-16-18(24)10-7-11-19(16)25/h5-11,14H,12-13H2,1-4H3,(H,26,29)/t14-/m0/s1. The minimum Gasteiger partial charge on any atom is -0.350 e. The number of nitrogens with zero attached hydrogens (tertiary/aromatic N) is 1. The molecule has 156 valence electrons. The Bertz CT molecular complexity index is 874. The third-order valence-electron chi connectivity index (χ3n) is 4.35. The predicted octanol–water partition coefficient (Wildman–Crippen LogP) is 5.52. The molecule has 0 radical (unpaired) electrons. The first-order valence-electron chi connectivity index (χ1n) is 9.27. The molecule has 29 heavy (non-hydrogen) atoms. The summed E-state index contributed by atoms with van der Waals surface area (Å²) >= 11 is 18.8. The van der Waals surface area contributed by atoms with Crippen molar-refractivity contribution in [3.05, 3.63) is 68.7 Å². The Morgan fingerprint density at radius 1 is 0.966 bits per heavy atom. The van der Waals surface area contributed by atoms with Gasteiger partial charge in [0.05, 0.1) is 6.42 Å². The number of nitrogens with one attached hydrogen (secondary N) is 1. The summed E-state index contributed by atoms with van der Waals surface area (Å²) in [7, 11) is 0. The first kappa shape index (κ1) is 23.5. The summed E-state index contributed by atoms with van der Waals surface area (Å²) in [5.41, 5.74) is 0.868. The molecule has 0 aliphatic heterocycles. The highest BCUT2D eigenvalue weighted by atomic mass is 35.5. The van der Waals surface area contributed by atoms with Crippen molar-refractivity contribution in [2.45, 2.75) is 52.2 Å². The second-order valence-corrected chi connectivity index (χ2v) is 9.13. The van der Waals surface area contributed by atoms with Crippen LogP contribution in [0.5, 0.6) is 0 Å². The van der Waals surface area contributed by atoms with Gasteiger partial charge in [-0.25, -0.2) is 0 Å². The van der Waals surface area contributed by atoms with E-state index in [1.807, 2.05) is 39.0 Å². The summed E-state index contributed by atoms with van der Waals surface area (Å²) in [5, 5.41) is 4.28. The van der Waals surface area contributed by atoms with Gasteiger partial charge in [0, 0.05) is 27.2 Å². The lowest BCUT2D eigenvalue weighted by atomic mass is 10.1. The van der Waals surface area contributed by atoms with E-state index in [4.69, 9.17) is 34.8 Å². The van der Waals surface area contributed by atoms with Crippen LogP contribution in [0.4, 0.5) is 0 Å². The predicted molar refractivity (Wildman–Crippen MR) is 120 cm³/mol. The summed E-state index contributed by atoms with van der Waals surface area (Å²) in [4.78, 5) is 27.5. The third-order valence-corrected chi connectivity index (χ3v) is 5.43. The number of hydrogen-bond acceptors (Lipinski definition) is 2. The zero-order chi connectivity index (χ0) is 21.8. The van der Waals surface area contributed by atoms with Crippen LogP contribution in [0, 0.1) is 0 Å². The van der Waals surface area contributed by atoms with Gasteiger partial charge < -0.3 is 10.2 Å². The molecule has 0 heterocycles. The fourth-order valence-electron chi connectivity index (χ4n) is 2.82. The summed E-state index contributed by atoms with van der Waals surface area (Å²) < 4.78 is 0. The van der Waals surface area contributed by atoms with Crippen molar-refractivity contribution < 1.29 is 9.59 Å². The van der Waals surface area contributed by atoms with Gasteiger partial charge in [0.15, 0.2) is 0 Å². The lowest BCUT2D eigenvalue weighted by Crippen LogP contribution is -2.52. The highest BCUT2D eigenvalue weighted by molar-refractivity contribution is 6.36. The second-order valence-electron chi connectivity index (χ2n) is 7.91. The molecule has 2 amide bonds. The van der Waals surface area contributed by atoms with Gasteiger partial charge in [0.1, 0.15) is 6.04 Å². The number of amides is 2. The van der Waals surface area contributed by atoms with Crippen LogP contribution in [-0.2, 0) is 22.6 Å². The summed E-state index contributed by atoms with van der Waals surface area (Å²) in [6.45, 7) is 7.56. The zero-order valence-electron chi connectivity index (χ0n) is 16.9.